The van der Waals surface area contributed by atoms with Crippen molar-refractivity contribution in [3.05, 3.63) is 59.5 Å². The van der Waals surface area contributed by atoms with Gasteiger partial charge in [-0.3, -0.25) is 9.69 Å². The van der Waals surface area contributed by atoms with Gasteiger partial charge in [0.15, 0.2) is 0 Å². The zero-order valence-electron chi connectivity index (χ0n) is 14.5. The topological polar surface area (TPSA) is 45.5 Å². The van der Waals surface area contributed by atoms with Crippen LogP contribution in [0.5, 0.6) is 0 Å². The molecule has 1 aromatic heterocycles. The highest BCUT2D eigenvalue weighted by Crippen LogP contribution is 2.23. The van der Waals surface area contributed by atoms with Crippen molar-refractivity contribution >= 4 is 5.91 Å². The molecule has 1 amide bonds. The van der Waals surface area contributed by atoms with Crippen LogP contribution in [-0.2, 0) is 13.1 Å². The van der Waals surface area contributed by atoms with Gasteiger partial charge < -0.3 is 9.73 Å². The first kappa shape index (κ1) is 16.8. The quantitative estimate of drug-likeness (QED) is 0.911. The maximum atomic E-state index is 12.1. The van der Waals surface area contributed by atoms with Gasteiger partial charge in [-0.05, 0) is 35.4 Å². The van der Waals surface area contributed by atoms with Crippen LogP contribution in [-0.4, -0.2) is 23.9 Å². The average molecular weight is 326 g/mol. The van der Waals surface area contributed by atoms with E-state index in [0.29, 0.717) is 12.1 Å². The number of likely N-dealkylation sites (tertiary alicyclic amines) is 1. The first-order chi connectivity index (χ1) is 11.6. The van der Waals surface area contributed by atoms with Gasteiger partial charge in [0.05, 0.1) is 11.8 Å². The van der Waals surface area contributed by atoms with Crippen molar-refractivity contribution in [2.24, 2.45) is 11.8 Å². The van der Waals surface area contributed by atoms with E-state index in [1.165, 1.54) is 30.1 Å². The van der Waals surface area contributed by atoms with Gasteiger partial charge in [0.1, 0.15) is 6.26 Å². The maximum absolute atomic E-state index is 12.1. The molecule has 24 heavy (non-hydrogen) atoms. The maximum Gasteiger partial charge on any atom is 0.254 e. The molecule has 4 heteroatoms. The fourth-order valence-corrected chi connectivity index (χ4v) is 3.72. The molecule has 1 aromatic carbocycles. The van der Waals surface area contributed by atoms with E-state index in [1.807, 2.05) is 6.07 Å². The highest BCUT2D eigenvalue weighted by atomic mass is 16.3. The van der Waals surface area contributed by atoms with E-state index < -0.39 is 0 Å². The number of amides is 1. The monoisotopic (exact) mass is 326 g/mol. The summed E-state index contributed by atoms with van der Waals surface area (Å²) < 4.78 is 4.96. The molecule has 1 fully saturated rings. The van der Waals surface area contributed by atoms with E-state index in [2.05, 4.69) is 42.3 Å². The minimum absolute atomic E-state index is 0.0984. The van der Waals surface area contributed by atoms with Gasteiger partial charge in [-0.15, -0.1) is 0 Å². The zero-order chi connectivity index (χ0) is 16.9. The molecule has 1 saturated heterocycles. The Hall–Kier alpha value is -2.07. The molecule has 4 nitrogen and oxygen atoms in total. The fraction of sp³-hybridized carbons (Fsp3) is 0.450. The number of nitrogens with zero attached hydrogens (tertiary/aromatic N) is 1. The second-order valence-electron chi connectivity index (χ2n) is 7.10. The summed E-state index contributed by atoms with van der Waals surface area (Å²) in [5.41, 5.74) is 3.04. The summed E-state index contributed by atoms with van der Waals surface area (Å²) in [5.74, 6) is 1.40. The van der Waals surface area contributed by atoms with Gasteiger partial charge in [-0.25, -0.2) is 0 Å². The molecule has 2 aromatic rings. The average Bonchev–Trinajstić information content (AvgIpc) is 3.07. The molecule has 0 bridgehead atoms. The first-order valence-electron chi connectivity index (χ1n) is 8.71. The lowest BCUT2D eigenvalue weighted by Gasteiger charge is -2.35. The van der Waals surface area contributed by atoms with Crippen LogP contribution in [0.15, 0.2) is 47.3 Å². The van der Waals surface area contributed by atoms with E-state index >= 15 is 0 Å². The number of benzene rings is 1. The summed E-state index contributed by atoms with van der Waals surface area (Å²) in [7, 11) is 0. The Labute approximate surface area is 143 Å². The smallest absolute Gasteiger partial charge is 0.254 e. The predicted molar refractivity (Wildman–Crippen MR) is 94.5 cm³/mol. The van der Waals surface area contributed by atoms with Crippen molar-refractivity contribution in [1.82, 2.24) is 10.2 Å². The highest BCUT2D eigenvalue weighted by molar-refractivity contribution is 5.93. The molecule has 1 N–H and O–H groups in total. The van der Waals surface area contributed by atoms with Crippen molar-refractivity contribution in [1.29, 1.82) is 0 Å². The predicted octanol–water partition coefficient (Wildman–Crippen LogP) is 3.69. The van der Waals surface area contributed by atoms with Crippen LogP contribution in [0.1, 0.15) is 41.8 Å². The van der Waals surface area contributed by atoms with Crippen molar-refractivity contribution in [3.8, 4) is 0 Å². The third kappa shape index (κ3) is 4.26. The molecular formula is C20H26N2O2. The number of piperidine rings is 1. The number of carbonyl (C=O) groups excluding carboxylic acids is 1. The number of furan rings is 1. The van der Waals surface area contributed by atoms with Crippen molar-refractivity contribution in [2.75, 3.05) is 13.1 Å². The molecule has 0 spiro atoms. The lowest BCUT2D eigenvalue weighted by atomic mass is 9.91. The summed E-state index contributed by atoms with van der Waals surface area (Å²) in [4.78, 5) is 14.6. The SMILES string of the molecule is CC1CC(C)CN(Cc2ccccc2CNC(=O)c2ccoc2)C1. The van der Waals surface area contributed by atoms with E-state index in [4.69, 9.17) is 4.42 Å². The van der Waals surface area contributed by atoms with Crippen LogP contribution in [0.3, 0.4) is 0 Å². The number of rotatable bonds is 5. The minimum Gasteiger partial charge on any atom is -0.472 e. The van der Waals surface area contributed by atoms with Crippen LogP contribution in [0, 0.1) is 11.8 Å². The molecule has 1 aliphatic rings. The van der Waals surface area contributed by atoms with E-state index in [1.54, 1.807) is 6.07 Å². The summed E-state index contributed by atoms with van der Waals surface area (Å²) in [6.07, 6.45) is 4.30. The van der Waals surface area contributed by atoms with Crippen molar-refractivity contribution < 1.29 is 9.21 Å². The van der Waals surface area contributed by atoms with Gasteiger partial charge in [0.25, 0.3) is 5.91 Å². The Kier molecular flexibility index (Phi) is 5.36. The third-order valence-corrected chi connectivity index (χ3v) is 4.68. The molecule has 128 valence electrons. The van der Waals surface area contributed by atoms with Crippen molar-refractivity contribution in [3.63, 3.8) is 0 Å². The Balaban J connectivity index is 1.63. The molecule has 2 heterocycles. The lowest BCUT2D eigenvalue weighted by Crippen LogP contribution is -2.38. The van der Waals surface area contributed by atoms with E-state index in [-0.39, 0.29) is 5.91 Å². The summed E-state index contributed by atoms with van der Waals surface area (Å²) in [6.45, 7) is 8.46. The largest absolute Gasteiger partial charge is 0.472 e. The fourth-order valence-electron chi connectivity index (χ4n) is 3.72. The molecule has 0 aliphatic carbocycles. The molecule has 2 atom stereocenters. The number of nitrogens with one attached hydrogen (secondary N) is 1. The lowest BCUT2D eigenvalue weighted by molar-refractivity contribution is 0.0950. The van der Waals surface area contributed by atoms with Crippen LogP contribution < -0.4 is 5.32 Å². The molecule has 0 radical (unpaired) electrons. The van der Waals surface area contributed by atoms with Crippen LogP contribution in [0.4, 0.5) is 0 Å². The first-order valence-corrected chi connectivity index (χ1v) is 8.71. The number of hydrogen-bond acceptors (Lipinski definition) is 3. The summed E-state index contributed by atoms with van der Waals surface area (Å²) in [6, 6.07) is 10.1. The van der Waals surface area contributed by atoms with Gasteiger partial charge in [0, 0.05) is 26.2 Å². The second-order valence-corrected chi connectivity index (χ2v) is 7.10. The summed E-state index contributed by atoms with van der Waals surface area (Å²) in [5, 5.41) is 2.98. The normalized spacial score (nSPS) is 21.6. The third-order valence-electron chi connectivity index (χ3n) is 4.68. The molecule has 3 rings (SSSR count). The van der Waals surface area contributed by atoms with Gasteiger partial charge in [-0.2, -0.15) is 0 Å². The Morgan fingerprint density at radius 3 is 2.54 bits per heavy atom. The second kappa shape index (κ2) is 7.67. The Morgan fingerprint density at radius 1 is 1.17 bits per heavy atom. The van der Waals surface area contributed by atoms with Crippen LogP contribution >= 0.6 is 0 Å². The molecule has 2 unspecified atom stereocenters. The molecule has 1 aliphatic heterocycles. The van der Waals surface area contributed by atoms with Gasteiger partial charge in [0.2, 0.25) is 0 Å². The van der Waals surface area contributed by atoms with E-state index in [9.17, 15) is 4.79 Å². The Morgan fingerprint density at radius 2 is 1.88 bits per heavy atom. The van der Waals surface area contributed by atoms with Crippen LogP contribution in [0.2, 0.25) is 0 Å². The van der Waals surface area contributed by atoms with Gasteiger partial charge >= 0.3 is 0 Å². The van der Waals surface area contributed by atoms with Crippen molar-refractivity contribution in [2.45, 2.75) is 33.4 Å². The zero-order valence-corrected chi connectivity index (χ0v) is 14.5. The van der Waals surface area contributed by atoms with E-state index in [0.717, 1.165) is 31.5 Å². The molecule has 0 saturated carbocycles. The summed E-state index contributed by atoms with van der Waals surface area (Å²) >= 11 is 0. The Bertz CT molecular complexity index is 656. The van der Waals surface area contributed by atoms with Crippen LogP contribution in [0.25, 0.3) is 0 Å². The minimum atomic E-state index is -0.0984. The number of carbonyl (C=O) groups is 1. The number of hydrogen-bond donors (Lipinski definition) is 1. The van der Waals surface area contributed by atoms with Gasteiger partial charge in [-0.1, -0.05) is 38.1 Å². The standard InChI is InChI=1S/C20H26N2O2/c1-15-9-16(2)12-22(11-15)13-18-6-4-3-5-17(18)10-21-20(23)19-7-8-24-14-19/h3-8,14-16H,9-13H2,1-2H3,(H,21,23). The molecular weight excluding hydrogens is 300 g/mol. The highest BCUT2D eigenvalue weighted by Gasteiger charge is 2.22.